The van der Waals surface area contributed by atoms with Crippen LogP contribution in [0.15, 0.2) is 23.1 Å². The molecule has 0 aliphatic carbocycles. The molecule has 1 fully saturated rings. The van der Waals surface area contributed by atoms with Crippen molar-refractivity contribution in [2.45, 2.75) is 44.6 Å². The smallest absolute Gasteiger partial charge is 0.246 e. The minimum Gasteiger partial charge on any atom is -0.264 e. The lowest BCUT2D eigenvalue weighted by atomic mass is 10.2. The van der Waals surface area contributed by atoms with E-state index in [9.17, 15) is 8.42 Å². The van der Waals surface area contributed by atoms with Crippen LogP contribution in [-0.4, -0.2) is 35.6 Å². The highest BCUT2D eigenvalue weighted by atomic mass is 35.5. The maximum atomic E-state index is 13.0. The van der Waals surface area contributed by atoms with Gasteiger partial charge in [0.25, 0.3) is 0 Å². The van der Waals surface area contributed by atoms with E-state index < -0.39 is 10.0 Å². The number of hydrogen-bond acceptors (Lipinski definition) is 3. The van der Waals surface area contributed by atoms with Crippen LogP contribution in [0.3, 0.4) is 0 Å². The van der Waals surface area contributed by atoms with E-state index in [0.29, 0.717) is 46.0 Å². The molecule has 0 N–H and O–H groups in total. The van der Waals surface area contributed by atoms with Gasteiger partial charge in [-0.2, -0.15) is 9.40 Å². The summed E-state index contributed by atoms with van der Waals surface area (Å²) in [7, 11) is -3.51. The summed E-state index contributed by atoms with van der Waals surface area (Å²) in [5.74, 6) is 0. The Morgan fingerprint density at radius 1 is 1.08 bits per heavy atom. The van der Waals surface area contributed by atoms with Gasteiger partial charge in [0.05, 0.1) is 28.0 Å². The van der Waals surface area contributed by atoms with Crippen LogP contribution >= 0.6 is 23.2 Å². The molecule has 0 bridgehead atoms. The number of piperidine rings is 1. The Balaban J connectivity index is 1.94. The zero-order chi connectivity index (χ0) is 18.2. The van der Waals surface area contributed by atoms with Crippen molar-refractivity contribution in [2.75, 3.05) is 13.1 Å². The lowest BCUT2D eigenvalue weighted by Crippen LogP contribution is -2.36. The topological polar surface area (TPSA) is 55.2 Å². The van der Waals surface area contributed by atoms with Crippen LogP contribution in [0.5, 0.6) is 0 Å². The van der Waals surface area contributed by atoms with E-state index in [1.54, 1.807) is 35.0 Å². The highest BCUT2D eigenvalue weighted by Gasteiger charge is 2.31. The highest BCUT2D eigenvalue weighted by Crippen LogP contribution is 2.27. The number of sulfonamides is 1. The third-order valence-electron chi connectivity index (χ3n) is 4.54. The van der Waals surface area contributed by atoms with Gasteiger partial charge < -0.3 is 0 Å². The van der Waals surface area contributed by atoms with E-state index in [-0.39, 0.29) is 0 Å². The number of aromatic nitrogens is 2. The lowest BCUT2D eigenvalue weighted by molar-refractivity contribution is 0.346. The predicted molar refractivity (Wildman–Crippen MR) is 99.9 cm³/mol. The van der Waals surface area contributed by atoms with Gasteiger partial charge in [-0.3, -0.25) is 4.68 Å². The van der Waals surface area contributed by atoms with Crippen molar-refractivity contribution in [3.05, 3.63) is 45.2 Å². The van der Waals surface area contributed by atoms with Crippen LogP contribution in [-0.2, 0) is 16.6 Å². The van der Waals surface area contributed by atoms with Crippen LogP contribution in [0.1, 0.15) is 36.2 Å². The van der Waals surface area contributed by atoms with Crippen molar-refractivity contribution in [3.8, 4) is 0 Å². The molecule has 0 unspecified atom stereocenters. The van der Waals surface area contributed by atoms with Crippen LogP contribution in [0.2, 0.25) is 10.0 Å². The first kappa shape index (κ1) is 18.7. The summed E-state index contributed by atoms with van der Waals surface area (Å²) in [6, 6.07) is 5.37. The van der Waals surface area contributed by atoms with Crippen molar-refractivity contribution >= 4 is 33.2 Å². The Morgan fingerprint density at radius 2 is 1.76 bits per heavy atom. The number of rotatable bonds is 4. The van der Waals surface area contributed by atoms with Gasteiger partial charge in [-0.25, -0.2) is 8.42 Å². The molecule has 8 heteroatoms. The van der Waals surface area contributed by atoms with Crippen molar-refractivity contribution in [3.63, 3.8) is 0 Å². The zero-order valence-electron chi connectivity index (χ0n) is 14.3. The van der Waals surface area contributed by atoms with Crippen LogP contribution in [0, 0.1) is 13.8 Å². The molecular formula is C17H21Cl2N3O2S. The van der Waals surface area contributed by atoms with Gasteiger partial charge in [0.1, 0.15) is 4.90 Å². The van der Waals surface area contributed by atoms with Gasteiger partial charge in [-0.1, -0.05) is 35.7 Å². The minimum absolute atomic E-state index is 0.328. The predicted octanol–water partition coefficient (Wildman–Crippen LogP) is 4.03. The molecule has 1 aromatic carbocycles. The van der Waals surface area contributed by atoms with Crippen molar-refractivity contribution < 1.29 is 8.42 Å². The summed E-state index contributed by atoms with van der Waals surface area (Å²) in [6.07, 6.45) is 2.91. The van der Waals surface area contributed by atoms with Gasteiger partial charge in [0.15, 0.2) is 0 Å². The van der Waals surface area contributed by atoms with Gasteiger partial charge in [-0.05, 0) is 44.4 Å². The Bertz CT molecular complexity index is 888. The first-order valence-corrected chi connectivity index (χ1v) is 10.5. The number of nitrogens with zero attached hydrogens (tertiary/aromatic N) is 3. The molecule has 1 saturated heterocycles. The Hall–Kier alpha value is -1.08. The molecule has 25 heavy (non-hydrogen) atoms. The Labute approximate surface area is 158 Å². The number of halogens is 2. The maximum Gasteiger partial charge on any atom is 0.246 e. The maximum absolute atomic E-state index is 13.0. The van der Waals surface area contributed by atoms with Crippen molar-refractivity contribution in [2.24, 2.45) is 0 Å². The second-order valence-corrected chi connectivity index (χ2v) is 9.06. The van der Waals surface area contributed by atoms with E-state index in [0.717, 1.165) is 24.8 Å². The van der Waals surface area contributed by atoms with E-state index in [4.69, 9.17) is 23.2 Å². The number of benzene rings is 1. The zero-order valence-corrected chi connectivity index (χ0v) is 16.6. The molecular weight excluding hydrogens is 381 g/mol. The molecule has 2 heterocycles. The van der Waals surface area contributed by atoms with E-state index in [1.165, 1.54) is 0 Å². The molecule has 0 amide bonds. The van der Waals surface area contributed by atoms with Crippen LogP contribution < -0.4 is 0 Å². The first-order chi connectivity index (χ1) is 11.8. The van der Waals surface area contributed by atoms with E-state index in [2.05, 4.69) is 5.10 Å². The second kappa shape index (κ2) is 7.27. The van der Waals surface area contributed by atoms with E-state index >= 15 is 0 Å². The molecule has 0 saturated carbocycles. The average Bonchev–Trinajstić information content (AvgIpc) is 2.86. The number of aryl methyl sites for hydroxylation is 1. The monoisotopic (exact) mass is 401 g/mol. The molecule has 2 aromatic rings. The van der Waals surface area contributed by atoms with Crippen molar-refractivity contribution in [1.29, 1.82) is 0 Å². The fourth-order valence-corrected chi connectivity index (χ4v) is 5.46. The quantitative estimate of drug-likeness (QED) is 0.776. The Kier molecular flexibility index (Phi) is 5.44. The lowest BCUT2D eigenvalue weighted by Gasteiger charge is -2.26. The van der Waals surface area contributed by atoms with Crippen molar-refractivity contribution in [1.82, 2.24) is 14.1 Å². The van der Waals surface area contributed by atoms with E-state index in [1.807, 2.05) is 6.07 Å². The summed E-state index contributed by atoms with van der Waals surface area (Å²) >= 11 is 12.0. The molecule has 5 nitrogen and oxygen atoms in total. The highest BCUT2D eigenvalue weighted by molar-refractivity contribution is 7.89. The third kappa shape index (κ3) is 3.72. The summed E-state index contributed by atoms with van der Waals surface area (Å²) in [6.45, 7) is 5.15. The fourth-order valence-electron chi connectivity index (χ4n) is 3.25. The van der Waals surface area contributed by atoms with Gasteiger partial charge in [-0.15, -0.1) is 0 Å². The molecule has 136 valence electrons. The average molecular weight is 402 g/mol. The molecule has 1 aliphatic rings. The molecule has 3 rings (SSSR count). The normalized spacial score (nSPS) is 16.3. The molecule has 0 spiro atoms. The molecule has 0 atom stereocenters. The first-order valence-electron chi connectivity index (χ1n) is 8.29. The van der Waals surface area contributed by atoms with Crippen LogP contribution in [0.25, 0.3) is 0 Å². The summed E-state index contributed by atoms with van der Waals surface area (Å²) in [4.78, 5) is 0.328. The summed E-state index contributed by atoms with van der Waals surface area (Å²) in [5, 5.41) is 5.42. The minimum atomic E-state index is -3.51. The summed E-state index contributed by atoms with van der Waals surface area (Å²) in [5.41, 5.74) is 2.10. The van der Waals surface area contributed by atoms with Gasteiger partial charge in [0.2, 0.25) is 10.0 Å². The standard InChI is InChI=1S/C17H21Cl2N3O2S/c1-12-17(25(23,24)21-8-4-3-5-9-21)13(2)22(20-12)11-14-6-7-15(18)16(19)10-14/h6-7,10H,3-5,8-9,11H2,1-2H3. The SMILES string of the molecule is Cc1nn(Cc2ccc(Cl)c(Cl)c2)c(C)c1S(=O)(=O)N1CCCCC1. The van der Waals surface area contributed by atoms with Crippen LogP contribution in [0.4, 0.5) is 0 Å². The Morgan fingerprint density at radius 3 is 2.40 bits per heavy atom. The van der Waals surface area contributed by atoms with Gasteiger partial charge in [0, 0.05) is 13.1 Å². The molecule has 0 radical (unpaired) electrons. The number of hydrogen-bond donors (Lipinski definition) is 0. The summed E-state index contributed by atoms with van der Waals surface area (Å²) < 4.78 is 29.3. The molecule has 1 aliphatic heterocycles. The molecule has 1 aromatic heterocycles. The fraction of sp³-hybridized carbons (Fsp3) is 0.471. The van der Waals surface area contributed by atoms with Gasteiger partial charge >= 0.3 is 0 Å². The largest absolute Gasteiger partial charge is 0.264 e. The second-order valence-electron chi connectivity index (χ2n) is 6.37. The third-order valence-corrected chi connectivity index (χ3v) is 7.44.